The number of quaternary nitrogens is 1. The molecule has 4 nitrogen and oxygen atoms in total. The third kappa shape index (κ3) is 3.79. The minimum absolute atomic E-state index is 0.135. The lowest BCUT2D eigenvalue weighted by Crippen LogP contribution is -2.48. The van der Waals surface area contributed by atoms with Crippen molar-refractivity contribution in [2.45, 2.75) is 0 Å². The minimum atomic E-state index is 0.135. The zero-order valence-electron chi connectivity index (χ0n) is 13.4. The van der Waals surface area contributed by atoms with E-state index in [2.05, 4.69) is 24.1 Å². The highest BCUT2D eigenvalue weighted by molar-refractivity contribution is 6.14. The quantitative estimate of drug-likeness (QED) is 0.633. The molecule has 0 unspecified atom stereocenters. The highest BCUT2D eigenvalue weighted by Gasteiger charge is 2.33. The number of piperidine rings is 1. The molecule has 0 radical (unpaired) electrons. The Morgan fingerprint density at radius 2 is 1.22 bits per heavy atom. The van der Waals surface area contributed by atoms with Crippen molar-refractivity contribution in [3.05, 3.63) is 71.3 Å². The molecular formula is C19H20N3O+. The van der Waals surface area contributed by atoms with Crippen LogP contribution in [0.5, 0.6) is 0 Å². The van der Waals surface area contributed by atoms with E-state index in [-0.39, 0.29) is 5.78 Å². The number of likely N-dealkylation sites (tertiary alicyclic amines) is 1. The lowest BCUT2D eigenvalue weighted by molar-refractivity contribution is -0.881. The van der Waals surface area contributed by atoms with Crippen molar-refractivity contribution in [1.82, 2.24) is 9.97 Å². The Kier molecular flexibility index (Phi) is 4.17. The molecule has 116 valence electrons. The van der Waals surface area contributed by atoms with Gasteiger partial charge in [-0.1, -0.05) is 0 Å². The van der Waals surface area contributed by atoms with Crippen molar-refractivity contribution in [3.8, 4) is 0 Å². The number of rotatable bonds is 2. The van der Waals surface area contributed by atoms with E-state index >= 15 is 0 Å². The number of aromatic nitrogens is 2. The number of nitrogens with zero attached hydrogens (tertiary/aromatic N) is 3. The first-order chi connectivity index (χ1) is 11.0. The number of hydrogen-bond acceptors (Lipinski definition) is 3. The minimum Gasteiger partial charge on any atom is -0.321 e. The van der Waals surface area contributed by atoms with Gasteiger partial charge in [0.25, 0.3) is 0 Å². The predicted molar refractivity (Wildman–Crippen MR) is 91.3 cm³/mol. The molecule has 0 aromatic carbocycles. The molecule has 4 heteroatoms. The van der Waals surface area contributed by atoms with Crippen LogP contribution < -0.4 is 0 Å². The van der Waals surface area contributed by atoms with Crippen LogP contribution in [0.4, 0.5) is 0 Å². The number of carbonyl (C=O) groups is 1. The highest BCUT2D eigenvalue weighted by Crippen LogP contribution is 2.24. The number of carbonyl (C=O) groups excluding carboxylic acids is 1. The summed E-state index contributed by atoms with van der Waals surface area (Å²) in [6.07, 6.45) is 10.9. The average molecular weight is 306 g/mol. The van der Waals surface area contributed by atoms with Gasteiger partial charge in [-0.25, -0.2) is 0 Å². The molecule has 0 atom stereocenters. The molecule has 0 amide bonds. The van der Waals surface area contributed by atoms with Crippen molar-refractivity contribution in [2.24, 2.45) is 0 Å². The van der Waals surface area contributed by atoms with Gasteiger partial charge < -0.3 is 4.48 Å². The normalized spacial score (nSPS) is 20.9. The smallest absolute Gasteiger partial charge is 0.196 e. The monoisotopic (exact) mass is 306 g/mol. The van der Waals surface area contributed by atoms with Crippen LogP contribution in [-0.2, 0) is 4.79 Å². The van der Waals surface area contributed by atoms with Gasteiger partial charge in [0.05, 0.1) is 25.2 Å². The van der Waals surface area contributed by atoms with Crippen LogP contribution in [0, 0.1) is 0 Å². The maximum atomic E-state index is 12.8. The summed E-state index contributed by atoms with van der Waals surface area (Å²) in [5, 5.41) is 0. The Bertz CT molecular complexity index is 698. The van der Waals surface area contributed by atoms with Gasteiger partial charge in [0.1, 0.15) is 13.1 Å². The fraction of sp³-hybridized carbons (Fsp3) is 0.211. The Morgan fingerprint density at radius 3 is 1.61 bits per heavy atom. The summed E-state index contributed by atoms with van der Waals surface area (Å²) in [5.74, 6) is 0.135. The zero-order chi connectivity index (χ0) is 16.3. The van der Waals surface area contributed by atoms with E-state index < -0.39 is 0 Å². The van der Waals surface area contributed by atoms with Gasteiger partial charge in [0.2, 0.25) is 0 Å². The number of ketones is 1. The third-order valence-electron chi connectivity index (χ3n) is 3.87. The van der Waals surface area contributed by atoms with Gasteiger partial charge in [-0.2, -0.15) is 0 Å². The molecule has 1 fully saturated rings. The SMILES string of the molecule is C[N+]1(C)C/C(=C/c2ccncc2)C(=O)/C(=C\c2ccncc2)C1. The second kappa shape index (κ2) is 6.26. The number of likely N-dealkylation sites (N-methyl/N-ethyl adjacent to an activating group) is 1. The molecule has 0 N–H and O–H groups in total. The van der Waals surface area contributed by atoms with Crippen LogP contribution in [0.25, 0.3) is 12.2 Å². The summed E-state index contributed by atoms with van der Waals surface area (Å²) in [6.45, 7) is 1.46. The van der Waals surface area contributed by atoms with E-state index in [4.69, 9.17) is 0 Å². The third-order valence-corrected chi connectivity index (χ3v) is 3.87. The molecule has 0 saturated carbocycles. The van der Waals surface area contributed by atoms with Crippen LogP contribution >= 0.6 is 0 Å². The number of Topliss-reactive ketones (excluding diaryl/α,β-unsaturated/α-hetero) is 1. The van der Waals surface area contributed by atoms with E-state index in [9.17, 15) is 4.79 Å². The first-order valence-corrected chi connectivity index (χ1v) is 7.61. The molecular weight excluding hydrogens is 286 g/mol. The maximum absolute atomic E-state index is 12.8. The second-order valence-electron chi connectivity index (χ2n) is 6.48. The Balaban J connectivity index is 1.98. The van der Waals surface area contributed by atoms with Crippen molar-refractivity contribution in [3.63, 3.8) is 0 Å². The summed E-state index contributed by atoms with van der Waals surface area (Å²) in [5.41, 5.74) is 3.70. The van der Waals surface area contributed by atoms with Gasteiger partial charge in [0.15, 0.2) is 5.78 Å². The molecule has 0 bridgehead atoms. The first-order valence-electron chi connectivity index (χ1n) is 7.61. The second-order valence-corrected chi connectivity index (χ2v) is 6.48. The van der Waals surface area contributed by atoms with Crippen molar-refractivity contribution in [1.29, 1.82) is 0 Å². The summed E-state index contributed by atoms with van der Waals surface area (Å²) in [4.78, 5) is 20.9. The van der Waals surface area contributed by atoms with Crippen LogP contribution in [0.2, 0.25) is 0 Å². The van der Waals surface area contributed by atoms with Gasteiger partial charge in [-0.05, 0) is 47.5 Å². The lowest BCUT2D eigenvalue weighted by atomic mass is 9.93. The predicted octanol–water partition coefficient (Wildman–Crippen LogP) is 2.60. The summed E-state index contributed by atoms with van der Waals surface area (Å²) in [6, 6.07) is 7.67. The van der Waals surface area contributed by atoms with Gasteiger partial charge in [0, 0.05) is 24.8 Å². The van der Waals surface area contributed by atoms with E-state index in [1.165, 1.54) is 0 Å². The summed E-state index contributed by atoms with van der Waals surface area (Å²) < 4.78 is 0.763. The number of hydrogen-bond donors (Lipinski definition) is 0. The number of pyridine rings is 2. The van der Waals surface area contributed by atoms with Gasteiger partial charge >= 0.3 is 0 Å². The van der Waals surface area contributed by atoms with E-state index in [1.807, 2.05) is 36.4 Å². The zero-order valence-corrected chi connectivity index (χ0v) is 13.4. The van der Waals surface area contributed by atoms with Crippen molar-refractivity contribution in [2.75, 3.05) is 27.2 Å². The molecule has 3 heterocycles. The average Bonchev–Trinajstić information content (AvgIpc) is 2.53. The summed E-state index contributed by atoms with van der Waals surface area (Å²) >= 11 is 0. The van der Waals surface area contributed by atoms with E-state index in [0.717, 1.165) is 39.8 Å². The molecule has 1 aliphatic heterocycles. The van der Waals surface area contributed by atoms with Crippen LogP contribution in [-0.4, -0.2) is 47.4 Å². The fourth-order valence-electron chi connectivity index (χ4n) is 2.87. The molecule has 23 heavy (non-hydrogen) atoms. The van der Waals surface area contributed by atoms with Gasteiger partial charge in [-0.15, -0.1) is 0 Å². The largest absolute Gasteiger partial charge is 0.321 e. The standard InChI is InChI=1S/C19H20N3O/c1-22(2)13-17(11-15-3-7-20-8-4-15)19(23)18(14-22)12-16-5-9-21-10-6-16/h3-12H,13-14H2,1-2H3/q+1/b17-11-,18-12-. The lowest BCUT2D eigenvalue weighted by Gasteiger charge is -2.35. The molecule has 2 aromatic heterocycles. The fourth-order valence-corrected chi connectivity index (χ4v) is 2.87. The topological polar surface area (TPSA) is 42.9 Å². The summed E-state index contributed by atoms with van der Waals surface area (Å²) in [7, 11) is 4.29. The highest BCUT2D eigenvalue weighted by atomic mass is 16.1. The van der Waals surface area contributed by atoms with E-state index in [1.54, 1.807) is 24.8 Å². The van der Waals surface area contributed by atoms with Gasteiger partial charge in [-0.3, -0.25) is 14.8 Å². The van der Waals surface area contributed by atoms with Crippen molar-refractivity contribution < 1.29 is 9.28 Å². The Hall–Kier alpha value is -2.59. The van der Waals surface area contributed by atoms with Crippen LogP contribution in [0.1, 0.15) is 11.1 Å². The van der Waals surface area contributed by atoms with Crippen molar-refractivity contribution >= 4 is 17.9 Å². The first kappa shape index (κ1) is 15.3. The molecule has 2 aromatic rings. The Morgan fingerprint density at radius 1 is 0.826 bits per heavy atom. The Labute approximate surface area is 136 Å². The molecule has 1 aliphatic rings. The van der Waals surface area contributed by atoms with E-state index in [0.29, 0.717) is 0 Å². The molecule has 0 aliphatic carbocycles. The molecule has 0 spiro atoms. The molecule has 3 rings (SSSR count). The van der Waals surface area contributed by atoms with Crippen LogP contribution in [0.15, 0.2) is 60.2 Å². The van der Waals surface area contributed by atoms with Crippen LogP contribution in [0.3, 0.4) is 0 Å². The maximum Gasteiger partial charge on any atom is 0.196 e. The molecule has 1 saturated heterocycles.